The molecular formula is C22H29N3O4S. The number of thiophene rings is 1. The number of amides is 1. The fraction of sp³-hybridized carbons (Fsp3) is 0.500. The second-order valence-corrected chi connectivity index (χ2v) is 8.54. The highest BCUT2D eigenvalue weighted by molar-refractivity contribution is 7.13. The van der Waals surface area contributed by atoms with E-state index >= 15 is 0 Å². The lowest BCUT2D eigenvalue weighted by Crippen LogP contribution is -2.39. The Hall–Kier alpha value is -2.45. The van der Waals surface area contributed by atoms with Gasteiger partial charge in [0.2, 0.25) is 0 Å². The van der Waals surface area contributed by atoms with Crippen molar-refractivity contribution in [3.05, 3.63) is 34.7 Å². The molecule has 3 rings (SSSR count). The minimum atomic E-state index is -0.626. The van der Waals surface area contributed by atoms with Crippen molar-refractivity contribution in [2.45, 2.75) is 39.7 Å². The van der Waals surface area contributed by atoms with E-state index in [2.05, 4.69) is 21.7 Å². The lowest BCUT2D eigenvalue weighted by Gasteiger charge is -2.33. The lowest BCUT2D eigenvalue weighted by atomic mass is 9.96. The first-order valence-electron chi connectivity index (χ1n) is 10.3. The molecule has 1 saturated heterocycles. The van der Waals surface area contributed by atoms with Gasteiger partial charge in [-0.2, -0.15) is 0 Å². The SMILES string of the molecule is CCOC(=O)C1CCN(c2nc(-c3cc(C)cs3)ccc2C(=O)NCC(C)O)CC1. The van der Waals surface area contributed by atoms with E-state index in [1.54, 1.807) is 24.3 Å². The number of aliphatic hydroxyl groups is 1. The minimum absolute atomic E-state index is 0.114. The number of rotatable bonds is 7. The van der Waals surface area contributed by atoms with Gasteiger partial charge in [-0.25, -0.2) is 4.98 Å². The number of hydrogen-bond acceptors (Lipinski definition) is 7. The number of anilines is 1. The van der Waals surface area contributed by atoms with Crippen LogP contribution in [0, 0.1) is 12.8 Å². The standard InChI is InChI=1S/C22H29N3O4S/c1-4-29-22(28)16-7-9-25(10-8-16)20-17(21(27)23-12-15(3)26)5-6-18(24-20)19-11-14(2)13-30-19/h5-6,11,13,15-16,26H,4,7-10,12H2,1-3H3,(H,23,27). The van der Waals surface area contributed by atoms with Gasteiger partial charge in [-0.15, -0.1) is 11.3 Å². The first-order valence-corrected chi connectivity index (χ1v) is 11.2. The van der Waals surface area contributed by atoms with Crippen molar-refractivity contribution in [1.82, 2.24) is 10.3 Å². The van der Waals surface area contributed by atoms with E-state index in [1.807, 2.05) is 19.9 Å². The molecule has 0 saturated carbocycles. The number of nitrogens with one attached hydrogen (secondary N) is 1. The Kier molecular flexibility index (Phi) is 7.44. The average Bonchev–Trinajstić information content (AvgIpc) is 3.18. The summed E-state index contributed by atoms with van der Waals surface area (Å²) in [4.78, 5) is 32.8. The van der Waals surface area contributed by atoms with Gasteiger partial charge in [-0.3, -0.25) is 9.59 Å². The topological polar surface area (TPSA) is 91.8 Å². The van der Waals surface area contributed by atoms with Crippen molar-refractivity contribution in [2.24, 2.45) is 5.92 Å². The Bertz CT molecular complexity index is 888. The van der Waals surface area contributed by atoms with Crippen LogP contribution < -0.4 is 10.2 Å². The zero-order valence-corrected chi connectivity index (χ0v) is 18.5. The Morgan fingerprint density at radius 2 is 2.10 bits per heavy atom. The molecule has 0 aliphatic carbocycles. The molecule has 1 aliphatic heterocycles. The van der Waals surface area contributed by atoms with Gasteiger partial charge < -0.3 is 20.1 Å². The monoisotopic (exact) mass is 431 g/mol. The van der Waals surface area contributed by atoms with Crippen LogP contribution in [0.5, 0.6) is 0 Å². The maximum absolute atomic E-state index is 12.8. The van der Waals surface area contributed by atoms with E-state index in [4.69, 9.17) is 9.72 Å². The van der Waals surface area contributed by atoms with E-state index in [0.29, 0.717) is 43.9 Å². The summed E-state index contributed by atoms with van der Waals surface area (Å²) in [5, 5.41) is 14.3. The summed E-state index contributed by atoms with van der Waals surface area (Å²) in [6.45, 7) is 7.29. The van der Waals surface area contributed by atoms with Crippen molar-refractivity contribution in [3.8, 4) is 10.6 Å². The van der Waals surface area contributed by atoms with Gasteiger partial charge in [-0.05, 0) is 62.8 Å². The molecule has 162 valence electrons. The minimum Gasteiger partial charge on any atom is -0.466 e. The fourth-order valence-corrected chi connectivity index (χ4v) is 4.36. The number of hydrogen-bond donors (Lipinski definition) is 2. The van der Waals surface area contributed by atoms with Crippen LogP contribution in [0.1, 0.15) is 42.6 Å². The van der Waals surface area contributed by atoms with Crippen LogP contribution >= 0.6 is 11.3 Å². The maximum Gasteiger partial charge on any atom is 0.309 e. The number of nitrogens with zero attached hydrogens (tertiary/aromatic N) is 2. The van der Waals surface area contributed by atoms with Crippen molar-refractivity contribution in [3.63, 3.8) is 0 Å². The zero-order valence-electron chi connectivity index (χ0n) is 17.7. The van der Waals surface area contributed by atoms with Gasteiger partial charge in [0.05, 0.1) is 34.8 Å². The smallest absolute Gasteiger partial charge is 0.309 e. The Labute approximate surface area is 181 Å². The van der Waals surface area contributed by atoms with Crippen LogP contribution in [0.2, 0.25) is 0 Å². The molecule has 8 heteroatoms. The van der Waals surface area contributed by atoms with E-state index in [9.17, 15) is 14.7 Å². The highest BCUT2D eigenvalue weighted by Gasteiger charge is 2.29. The van der Waals surface area contributed by atoms with E-state index < -0.39 is 6.10 Å². The average molecular weight is 432 g/mol. The Morgan fingerprint density at radius 3 is 2.70 bits per heavy atom. The molecule has 1 aliphatic rings. The van der Waals surface area contributed by atoms with Crippen LogP contribution in [0.3, 0.4) is 0 Å². The summed E-state index contributed by atoms with van der Waals surface area (Å²) in [5.41, 5.74) is 2.47. The summed E-state index contributed by atoms with van der Waals surface area (Å²) in [7, 11) is 0. The molecule has 0 aromatic carbocycles. The fourth-order valence-electron chi connectivity index (χ4n) is 3.49. The van der Waals surface area contributed by atoms with Gasteiger partial charge in [0.15, 0.2) is 0 Å². The highest BCUT2D eigenvalue weighted by atomic mass is 32.1. The molecule has 1 unspecified atom stereocenters. The molecule has 1 fully saturated rings. The molecule has 3 heterocycles. The number of esters is 1. The van der Waals surface area contributed by atoms with Crippen LogP contribution in [-0.4, -0.2) is 54.3 Å². The summed E-state index contributed by atoms with van der Waals surface area (Å²) in [6, 6.07) is 5.73. The first-order chi connectivity index (χ1) is 14.4. The van der Waals surface area contributed by atoms with Crippen molar-refractivity contribution < 1.29 is 19.4 Å². The first kappa shape index (κ1) is 22.2. The predicted octanol–water partition coefficient (Wildman–Crippen LogP) is 3.01. The van der Waals surface area contributed by atoms with E-state index in [1.165, 1.54) is 5.56 Å². The third-order valence-corrected chi connectivity index (χ3v) is 6.15. The number of carbonyl (C=O) groups excluding carboxylic acids is 2. The third-order valence-electron chi connectivity index (χ3n) is 5.08. The Balaban J connectivity index is 1.85. The number of pyridine rings is 1. The normalized spacial score (nSPS) is 15.7. The molecule has 2 N–H and O–H groups in total. The number of aliphatic hydroxyl groups excluding tert-OH is 1. The van der Waals surface area contributed by atoms with Gasteiger partial charge in [-0.1, -0.05) is 0 Å². The molecule has 7 nitrogen and oxygen atoms in total. The second kappa shape index (κ2) is 10.0. The molecule has 2 aromatic heterocycles. The molecule has 30 heavy (non-hydrogen) atoms. The maximum atomic E-state index is 12.8. The molecule has 1 atom stereocenters. The quantitative estimate of drug-likeness (QED) is 0.655. The summed E-state index contributed by atoms with van der Waals surface area (Å²) < 4.78 is 5.16. The summed E-state index contributed by atoms with van der Waals surface area (Å²) >= 11 is 1.62. The third kappa shape index (κ3) is 5.37. The van der Waals surface area contributed by atoms with Crippen LogP contribution in [0.25, 0.3) is 10.6 Å². The summed E-state index contributed by atoms with van der Waals surface area (Å²) in [6.07, 6.45) is 0.703. The van der Waals surface area contributed by atoms with Crippen molar-refractivity contribution in [1.29, 1.82) is 0 Å². The number of aromatic nitrogens is 1. The van der Waals surface area contributed by atoms with Crippen molar-refractivity contribution >= 4 is 29.0 Å². The van der Waals surface area contributed by atoms with Crippen LogP contribution in [-0.2, 0) is 9.53 Å². The number of piperidine rings is 1. The van der Waals surface area contributed by atoms with E-state index in [0.717, 1.165) is 10.6 Å². The Morgan fingerprint density at radius 1 is 1.37 bits per heavy atom. The van der Waals surface area contributed by atoms with Gasteiger partial charge in [0.25, 0.3) is 5.91 Å². The molecular weight excluding hydrogens is 402 g/mol. The zero-order chi connectivity index (χ0) is 21.7. The van der Waals surface area contributed by atoms with Crippen molar-refractivity contribution in [2.75, 3.05) is 31.1 Å². The van der Waals surface area contributed by atoms with E-state index in [-0.39, 0.29) is 24.3 Å². The molecule has 0 bridgehead atoms. The number of ether oxygens (including phenoxy) is 1. The molecule has 0 spiro atoms. The van der Waals surface area contributed by atoms with Crippen LogP contribution in [0.4, 0.5) is 5.82 Å². The largest absolute Gasteiger partial charge is 0.466 e. The molecule has 1 amide bonds. The van der Waals surface area contributed by atoms with Gasteiger partial charge in [0.1, 0.15) is 5.82 Å². The predicted molar refractivity (Wildman–Crippen MR) is 118 cm³/mol. The number of aryl methyl sites for hydroxylation is 1. The van der Waals surface area contributed by atoms with Gasteiger partial charge >= 0.3 is 5.97 Å². The highest BCUT2D eigenvalue weighted by Crippen LogP contribution is 2.31. The second-order valence-electron chi connectivity index (χ2n) is 7.63. The number of carbonyl (C=O) groups is 2. The molecule has 2 aromatic rings. The van der Waals surface area contributed by atoms with Crippen LogP contribution in [0.15, 0.2) is 23.6 Å². The molecule has 0 radical (unpaired) electrons. The summed E-state index contributed by atoms with van der Waals surface area (Å²) in [5.74, 6) is 0.0865. The lowest BCUT2D eigenvalue weighted by molar-refractivity contribution is -0.148. The van der Waals surface area contributed by atoms with Gasteiger partial charge in [0, 0.05) is 19.6 Å².